The molecule has 0 spiro atoms. The molecule has 0 bridgehead atoms. The van der Waals surface area contributed by atoms with Crippen LogP contribution in [0.5, 0.6) is 5.75 Å². The van der Waals surface area contributed by atoms with Crippen LogP contribution in [0.4, 0.5) is 14.6 Å². The highest BCUT2D eigenvalue weighted by atomic mass is 19.3. The third-order valence-corrected chi connectivity index (χ3v) is 5.98. The van der Waals surface area contributed by atoms with Crippen LogP contribution in [0.3, 0.4) is 0 Å². The van der Waals surface area contributed by atoms with Gasteiger partial charge >= 0.3 is 0 Å². The van der Waals surface area contributed by atoms with Crippen LogP contribution in [0.25, 0.3) is 11.8 Å². The highest BCUT2D eigenvalue weighted by Crippen LogP contribution is 2.33. The average Bonchev–Trinajstić information content (AvgIpc) is 3.24. The lowest BCUT2D eigenvalue weighted by Gasteiger charge is -2.40. The quantitative estimate of drug-likeness (QED) is 0.368. The third-order valence-electron chi connectivity index (χ3n) is 5.98. The molecular formula is C27H39F2N5O3. The number of likely N-dealkylation sites (N-methyl/N-ethyl adjacent to an activating group) is 1. The van der Waals surface area contributed by atoms with Crippen LogP contribution < -0.4 is 16.8 Å². The number of hydrogen-bond acceptors (Lipinski definition) is 6. The molecule has 2 aliphatic rings. The van der Waals surface area contributed by atoms with E-state index in [1.807, 2.05) is 6.92 Å². The number of likely N-dealkylation sites (tertiary alicyclic amines) is 1. The Bertz CT molecular complexity index is 1030. The second kappa shape index (κ2) is 14.4. The molecule has 37 heavy (non-hydrogen) atoms. The highest BCUT2D eigenvalue weighted by molar-refractivity contribution is 5.86. The number of nitrogens with zero attached hydrogens (tertiary/aromatic N) is 1. The molecule has 7 N–H and O–H groups in total. The van der Waals surface area contributed by atoms with Crippen LogP contribution in [0, 0.1) is 0 Å². The first-order valence-corrected chi connectivity index (χ1v) is 12.3. The first kappa shape index (κ1) is 29.9. The largest absolute Gasteiger partial charge is 0.507 e. The maximum atomic E-state index is 13.0. The standard InChI is InChI=1S/C18H22F2N4O.C5H10O.C4H7NO/c1-11(8-24-9-18(19,20)10-24)14-7-23-17(22)13(14)6-15(21)12-4-2-3-5-16(12)25;1-2-4-6-5-3-1;1-3-4(6)5-2/h2-7,11,23,25H,8-10,21-22H2,1H3;1-5H2;3H,1H2,2H3,(H,5,6)/b15-6-;;/t11-;;/m0../s1. The Balaban J connectivity index is 0.000000330. The summed E-state index contributed by atoms with van der Waals surface area (Å²) in [7, 11) is 1.56. The summed E-state index contributed by atoms with van der Waals surface area (Å²) in [5, 5.41) is 12.3. The van der Waals surface area contributed by atoms with E-state index in [-0.39, 0.29) is 30.7 Å². The Labute approximate surface area is 217 Å². The van der Waals surface area contributed by atoms with Crippen molar-refractivity contribution in [3.63, 3.8) is 0 Å². The number of aromatic hydroxyl groups is 1. The van der Waals surface area contributed by atoms with Gasteiger partial charge in [-0.05, 0) is 55.0 Å². The third kappa shape index (κ3) is 9.55. The maximum Gasteiger partial charge on any atom is 0.272 e. The summed E-state index contributed by atoms with van der Waals surface area (Å²) in [5.41, 5.74) is 14.7. The number of alkyl halides is 2. The number of anilines is 1. The van der Waals surface area contributed by atoms with Crippen molar-refractivity contribution in [1.29, 1.82) is 0 Å². The van der Waals surface area contributed by atoms with E-state index < -0.39 is 5.92 Å². The van der Waals surface area contributed by atoms with Gasteiger partial charge in [-0.15, -0.1) is 0 Å². The van der Waals surface area contributed by atoms with Crippen LogP contribution in [0.1, 0.15) is 48.8 Å². The molecule has 204 valence electrons. The monoisotopic (exact) mass is 519 g/mol. The van der Waals surface area contributed by atoms with E-state index in [1.165, 1.54) is 25.3 Å². The summed E-state index contributed by atoms with van der Waals surface area (Å²) < 4.78 is 31.1. The number of hydrogen-bond donors (Lipinski definition) is 5. The summed E-state index contributed by atoms with van der Waals surface area (Å²) in [6, 6.07) is 6.77. The van der Waals surface area contributed by atoms with Crippen molar-refractivity contribution in [2.24, 2.45) is 5.73 Å². The fraction of sp³-hybridized carbons (Fsp3) is 0.444. The van der Waals surface area contributed by atoms with E-state index in [0.29, 0.717) is 23.6 Å². The molecule has 2 aliphatic heterocycles. The van der Waals surface area contributed by atoms with Gasteiger partial charge in [0.1, 0.15) is 11.6 Å². The van der Waals surface area contributed by atoms with Crippen molar-refractivity contribution in [3.05, 3.63) is 59.8 Å². The van der Waals surface area contributed by atoms with E-state index in [1.54, 1.807) is 48.5 Å². The van der Waals surface area contributed by atoms with Gasteiger partial charge in [0.2, 0.25) is 5.91 Å². The molecule has 2 aromatic rings. The van der Waals surface area contributed by atoms with Gasteiger partial charge in [0.25, 0.3) is 5.92 Å². The van der Waals surface area contributed by atoms with Crippen LogP contribution >= 0.6 is 0 Å². The summed E-state index contributed by atoms with van der Waals surface area (Å²) in [4.78, 5) is 14.6. The van der Waals surface area contributed by atoms with Crippen molar-refractivity contribution in [2.75, 3.05) is 45.6 Å². The molecule has 3 heterocycles. The van der Waals surface area contributed by atoms with Gasteiger partial charge in [0.15, 0.2) is 0 Å². The zero-order valence-corrected chi connectivity index (χ0v) is 21.6. The smallest absolute Gasteiger partial charge is 0.272 e. The predicted molar refractivity (Wildman–Crippen MR) is 144 cm³/mol. The van der Waals surface area contributed by atoms with E-state index in [9.17, 15) is 18.7 Å². The highest BCUT2D eigenvalue weighted by Gasteiger charge is 2.44. The van der Waals surface area contributed by atoms with Gasteiger partial charge in [-0.2, -0.15) is 0 Å². The summed E-state index contributed by atoms with van der Waals surface area (Å²) in [6.07, 6.45) is 8.64. The normalized spacial score (nSPS) is 17.7. The number of aromatic amines is 1. The minimum atomic E-state index is -2.57. The van der Waals surface area contributed by atoms with Gasteiger partial charge in [-0.1, -0.05) is 25.6 Å². The molecule has 0 aliphatic carbocycles. The lowest BCUT2D eigenvalue weighted by Crippen LogP contribution is -2.56. The Morgan fingerprint density at radius 1 is 1.30 bits per heavy atom. The number of amides is 1. The summed E-state index contributed by atoms with van der Waals surface area (Å²) in [5.74, 6) is -2.17. The number of benzene rings is 1. The molecule has 0 saturated carbocycles. The fourth-order valence-electron chi connectivity index (χ4n) is 4.00. The summed E-state index contributed by atoms with van der Waals surface area (Å²) >= 11 is 0. The fourth-order valence-corrected chi connectivity index (χ4v) is 4.00. The lowest BCUT2D eigenvalue weighted by molar-refractivity contribution is -0.131. The van der Waals surface area contributed by atoms with Gasteiger partial charge < -0.3 is 31.6 Å². The predicted octanol–water partition coefficient (Wildman–Crippen LogP) is 3.92. The molecule has 4 rings (SSSR count). The van der Waals surface area contributed by atoms with Crippen molar-refractivity contribution in [1.82, 2.24) is 15.2 Å². The van der Waals surface area contributed by atoms with Gasteiger partial charge in [0.05, 0.1) is 13.1 Å². The SMILES string of the molecule is C1CCOCC1.C=CC(=O)NC.C[C@@H](CN1CC(F)(F)C1)c1c[nH]c(N)c1/C=C(\N)c1ccccc1O. The molecule has 1 amide bonds. The zero-order chi connectivity index (χ0) is 27.4. The Hall–Kier alpha value is -3.37. The van der Waals surface area contributed by atoms with Gasteiger partial charge in [-0.3, -0.25) is 9.69 Å². The molecular weight excluding hydrogens is 480 g/mol. The van der Waals surface area contributed by atoms with Gasteiger partial charge in [-0.25, -0.2) is 8.78 Å². The maximum absolute atomic E-state index is 13.0. The lowest BCUT2D eigenvalue weighted by atomic mass is 9.96. The number of phenols is 1. The topological polar surface area (TPSA) is 130 Å². The van der Waals surface area contributed by atoms with Crippen LogP contribution in [-0.4, -0.2) is 66.7 Å². The molecule has 2 fully saturated rings. The molecule has 0 radical (unpaired) electrons. The van der Waals surface area contributed by atoms with Crippen molar-refractivity contribution < 1.29 is 23.4 Å². The Kier molecular flexibility index (Phi) is 11.6. The number of nitrogens with two attached hydrogens (primary N) is 2. The van der Waals surface area contributed by atoms with E-state index >= 15 is 0 Å². The first-order chi connectivity index (χ1) is 17.6. The average molecular weight is 520 g/mol. The number of phenolic OH excluding ortho intramolecular Hbond substituents is 1. The number of halogens is 2. The van der Waals surface area contributed by atoms with Crippen molar-refractivity contribution >= 4 is 23.5 Å². The van der Waals surface area contributed by atoms with E-state index in [0.717, 1.165) is 24.3 Å². The van der Waals surface area contributed by atoms with Gasteiger partial charge in [0, 0.05) is 49.8 Å². The number of para-hydroxylation sites is 1. The number of nitrogen functional groups attached to an aromatic ring is 1. The summed E-state index contributed by atoms with van der Waals surface area (Å²) in [6.45, 7) is 7.29. The molecule has 1 atom stereocenters. The Morgan fingerprint density at radius 3 is 2.41 bits per heavy atom. The number of H-pyrrole nitrogens is 1. The number of carbonyl (C=O) groups excluding carboxylic acids is 1. The van der Waals surface area contributed by atoms with E-state index in [2.05, 4.69) is 16.9 Å². The number of rotatable bonds is 6. The Morgan fingerprint density at radius 2 is 1.95 bits per heavy atom. The number of aromatic nitrogens is 1. The zero-order valence-electron chi connectivity index (χ0n) is 21.6. The molecule has 8 nitrogen and oxygen atoms in total. The molecule has 2 saturated heterocycles. The van der Waals surface area contributed by atoms with Crippen LogP contribution in [0.2, 0.25) is 0 Å². The minimum absolute atomic E-state index is 0.00747. The second-order valence-electron chi connectivity index (χ2n) is 9.11. The van der Waals surface area contributed by atoms with Crippen LogP contribution in [-0.2, 0) is 9.53 Å². The minimum Gasteiger partial charge on any atom is -0.507 e. The number of nitrogens with one attached hydrogen (secondary N) is 2. The van der Waals surface area contributed by atoms with Crippen molar-refractivity contribution in [3.8, 4) is 5.75 Å². The first-order valence-electron chi connectivity index (χ1n) is 12.3. The second-order valence-corrected chi connectivity index (χ2v) is 9.11. The van der Waals surface area contributed by atoms with Crippen molar-refractivity contribution in [2.45, 2.75) is 38.0 Å². The molecule has 0 unspecified atom stereocenters. The molecule has 1 aromatic carbocycles. The number of ether oxygens (including phenoxy) is 1. The molecule has 10 heteroatoms. The van der Waals surface area contributed by atoms with E-state index in [4.69, 9.17) is 16.2 Å². The molecule has 1 aromatic heterocycles. The number of carbonyl (C=O) groups is 1. The van der Waals surface area contributed by atoms with Crippen LogP contribution in [0.15, 0.2) is 43.1 Å².